The topological polar surface area (TPSA) is 70.5 Å². The first-order chi connectivity index (χ1) is 12.0. The van der Waals surface area contributed by atoms with Gasteiger partial charge in [0, 0.05) is 24.6 Å². The van der Waals surface area contributed by atoms with E-state index < -0.39 is 0 Å². The van der Waals surface area contributed by atoms with Crippen LogP contribution in [0.25, 0.3) is 11.1 Å². The number of carbonyl (C=O) groups excluding carboxylic acids is 2. The zero-order valence-corrected chi connectivity index (χ0v) is 14.3. The van der Waals surface area contributed by atoms with Gasteiger partial charge >= 0.3 is 5.97 Å². The van der Waals surface area contributed by atoms with Gasteiger partial charge in [-0.1, -0.05) is 18.2 Å². The Morgan fingerprint density at radius 3 is 2.56 bits per heavy atom. The highest BCUT2D eigenvalue weighted by Crippen LogP contribution is 2.30. The highest BCUT2D eigenvalue weighted by atomic mass is 16.5. The lowest BCUT2D eigenvalue weighted by molar-refractivity contribution is 0.0600. The molecule has 3 rings (SSSR count). The van der Waals surface area contributed by atoms with Crippen molar-refractivity contribution in [2.75, 3.05) is 7.11 Å². The molecule has 0 fully saturated rings. The third-order valence-corrected chi connectivity index (χ3v) is 4.57. The van der Waals surface area contributed by atoms with Crippen LogP contribution in [-0.2, 0) is 11.3 Å². The SMILES string of the molecule is COC(=O)c1ccc(-c2ccc3c(c2)CN([C@H](C)CC=N)C3=O)cc1. The Morgan fingerprint density at radius 1 is 1.24 bits per heavy atom. The maximum atomic E-state index is 12.5. The third-order valence-electron chi connectivity index (χ3n) is 4.57. The molecule has 0 saturated carbocycles. The lowest BCUT2D eigenvalue weighted by Crippen LogP contribution is -2.33. The molecule has 1 amide bonds. The summed E-state index contributed by atoms with van der Waals surface area (Å²) in [5.41, 5.74) is 4.22. The van der Waals surface area contributed by atoms with Crippen molar-refractivity contribution >= 4 is 18.1 Å². The molecular weight excluding hydrogens is 316 g/mol. The average molecular weight is 336 g/mol. The summed E-state index contributed by atoms with van der Waals surface area (Å²) >= 11 is 0. The fraction of sp³-hybridized carbons (Fsp3) is 0.250. The van der Waals surface area contributed by atoms with E-state index >= 15 is 0 Å². The van der Waals surface area contributed by atoms with Gasteiger partial charge < -0.3 is 15.0 Å². The number of amides is 1. The molecule has 5 nitrogen and oxygen atoms in total. The van der Waals surface area contributed by atoms with Gasteiger partial charge in [0.15, 0.2) is 0 Å². The standard InChI is InChI=1S/C20H20N2O3/c1-13(9-10-21)22-12-17-11-16(7-8-18(17)19(22)23)14-3-5-15(6-4-14)20(24)25-2/h3-8,10-11,13,21H,9,12H2,1-2H3/t13-/m1/s1. The zero-order valence-electron chi connectivity index (χ0n) is 14.3. The number of rotatable bonds is 5. The fourth-order valence-corrected chi connectivity index (χ4v) is 3.09. The highest BCUT2D eigenvalue weighted by molar-refractivity contribution is 5.99. The summed E-state index contributed by atoms with van der Waals surface area (Å²) in [5.74, 6) is -0.334. The van der Waals surface area contributed by atoms with Crippen molar-refractivity contribution in [3.8, 4) is 11.1 Å². The average Bonchev–Trinajstić information content (AvgIpc) is 2.97. The minimum atomic E-state index is -0.359. The van der Waals surface area contributed by atoms with Crippen LogP contribution in [0.3, 0.4) is 0 Å². The Labute approximate surface area is 146 Å². The molecule has 0 aliphatic carbocycles. The molecule has 0 unspecified atom stereocenters. The summed E-state index contributed by atoms with van der Waals surface area (Å²) in [6, 6.07) is 13.0. The van der Waals surface area contributed by atoms with Crippen LogP contribution in [0.1, 0.15) is 39.6 Å². The van der Waals surface area contributed by atoms with E-state index in [-0.39, 0.29) is 17.9 Å². The molecule has 0 bridgehead atoms. The quantitative estimate of drug-likeness (QED) is 0.671. The number of ether oxygens (including phenoxy) is 1. The Balaban J connectivity index is 1.86. The van der Waals surface area contributed by atoms with Crippen molar-refractivity contribution in [1.82, 2.24) is 4.90 Å². The molecule has 25 heavy (non-hydrogen) atoms. The summed E-state index contributed by atoms with van der Waals surface area (Å²) in [4.78, 5) is 25.8. The van der Waals surface area contributed by atoms with Crippen LogP contribution < -0.4 is 0 Å². The molecule has 2 aromatic rings. The van der Waals surface area contributed by atoms with E-state index in [9.17, 15) is 9.59 Å². The van der Waals surface area contributed by atoms with Crippen LogP contribution in [-0.4, -0.2) is 36.1 Å². The summed E-state index contributed by atoms with van der Waals surface area (Å²) < 4.78 is 4.71. The monoisotopic (exact) mass is 336 g/mol. The van der Waals surface area contributed by atoms with Crippen molar-refractivity contribution in [2.24, 2.45) is 0 Å². The number of benzene rings is 2. The molecule has 0 radical (unpaired) electrons. The third kappa shape index (κ3) is 3.18. The van der Waals surface area contributed by atoms with Gasteiger partial charge in [-0.15, -0.1) is 0 Å². The van der Waals surface area contributed by atoms with E-state index in [2.05, 4.69) is 0 Å². The maximum Gasteiger partial charge on any atom is 0.337 e. The number of hydrogen-bond acceptors (Lipinski definition) is 4. The second-order valence-electron chi connectivity index (χ2n) is 6.16. The molecular formula is C20H20N2O3. The molecule has 1 N–H and O–H groups in total. The Hall–Kier alpha value is -2.95. The number of esters is 1. The van der Waals surface area contributed by atoms with Crippen molar-refractivity contribution in [3.05, 3.63) is 59.2 Å². The fourth-order valence-electron chi connectivity index (χ4n) is 3.09. The second kappa shape index (κ2) is 6.89. The van der Waals surface area contributed by atoms with Gasteiger partial charge in [-0.05, 0) is 54.1 Å². The number of fused-ring (bicyclic) bond motifs is 1. The molecule has 1 heterocycles. The lowest BCUT2D eigenvalue weighted by atomic mass is 9.99. The number of nitrogens with one attached hydrogen (secondary N) is 1. The van der Waals surface area contributed by atoms with Crippen LogP contribution in [0.5, 0.6) is 0 Å². The molecule has 1 atom stereocenters. The Morgan fingerprint density at radius 2 is 1.92 bits per heavy atom. The Kier molecular flexibility index (Phi) is 4.65. The van der Waals surface area contributed by atoms with Crippen LogP contribution in [0, 0.1) is 5.41 Å². The first-order valence-corrected chi connectivity index (χ1v) is 8.16. The van der Waals surface area contributed by atoms with Gasteiger partial charge in [0.05, 0.1) is 12.7 Å². The maximum absolute atomic E-state index is 12.5. The predicted molar refractivity (Wildman–Crippen MR) is 96.0 cm³/mol. The van der Waals surface area contributed by atoms with Crippen LogP contribution in [0.15, 0.2) is 42.5 Å². The highest BCUT2D eigenvalue weighted by Gasteiger charge is 2.30. The van der Waals surface area contributed by atoms with Gasteiger partial charge in [0.1, 0.15) is 0 Å². The summed E-state index contributed by atoms with van der Waals surface area (Å²) in [7, 11) is 1.36. The minimum Gasteiger partial charge on any atom is -0.465 e. The van der Waals surface area contributed by atoms with Gasteiger partial charge in [0.25, 0.3) is 5.91 Å². The Bertz CT molecular complexity index is 827. The van der Waals surface area contributed by atoms with Gasteiger partial charge in [-0.2, -0.15) is 0 Å². The van der Waals surface area contributed by atoms with Crippen molar-refractivity contribution in [1.29, 1.82) is 5.41 Å². The van der Waals surface area contributed by atoms with E-state index in [0.29, 0.717) is 18.5 Å². The number of methoxy groups -OCH3 is 1. The molecule has 0 spiro atoms. The van der Waals surface area contributed by atoms with Gasteiger partial charge in [-0.25, -0.2) is 4.79 Å². The van der Waals surface area contributed by atoms with E-state index in [0.717, 1.165) is 22.3 Å². The number of carbonyl (C=O) groups is 2. The van der Waals surface area contributed by atoms with Crippen LogP contribution >= 0.6 is 0 Å². The van der Waals surface area contributed by atoms with E-state index in [1.54, 1.807) is 17.0 Å². The first-order valence-electron chi connectivity index (χ1n) is 8.16. The number of nitrogens with zero attached hydrogens (tertiary/aromatic N) is 1. The molecule has 128 valence electrons. The first kappa shape index (κ1) is 16.9. The lowest BCUT2D eigenvalue weighted by Gasteiger charge is -2.22. The smallest absolute Gasteiger partial charge is 0.337 e. The molecule has 1 aliphatic heterocycles. The minimum absolute atomic E-state index is 0.0141. The normalized spacial score (nSPS) is 14.2. The van der Waals surface area contributed by atoms with E-state index in [1.807, 2.05) is 37.3 Å². The number of hydrogen-bond donors (Lipinski definition) is 1. The second-order valence-corrected chi connectivity index (χ2v) is 6.16. The van der Waals surface area contributed by atoms with Gasteiger partial charge in [0.2, 0.25) is 0 Å². The van der Waals surface area contributed by atoms with Crippen molar-refractivity contribution in [3.63, 3.8) is 0 Å². The van der Waals surface area contributed by atoms with Crippen LogP contribution in [0.4, 0.5) is 0 Å². The predicted octanol–water partition coefficient (Wildman–Crippen LogP) is 3.52. The summed E-state index contributed by atoms with van der Waals surface area (Å²) in [6.45, 7) is 2.53. The summed E-state index contributed by atoms with van der Waals surface area (Å²) in [6.07, 6.45) is 1.90. The van der Waals surface area contributed by atoms with E-state index in [1.165, 1.54) is 13.3 Å². The molecule has 0 aromatic heterocycles. The zero-order chi connectivity index (χ0) is 18.0. The molecule has 2 aromatic carbocycles. The molecule has 5 heteroatoms. The molecule has 0 saturated heterocycles. The van der Waals surface area contributed by atoms with Gasteiger partial charge in [-0.3, -0.25) is 4.79 Å². The summed E-state index contributed by atoms with van der Waals surface area (Å²) in [5, 5.41) is 7.24. The van der Waals surface area contributed by atoms with Crippen molar-refractivity contribution < 1.29 is 14.3 Å². The molecule has 1 aliphatic rings. The van der Waals surface area contributed by atoms with E-state index in [4.69, 9.17) is 10.1 Å². The van der Waals surface area contributed by atoms with Crippen molar-refractivity contribution in [2.45, 2.75) is 25.9 Å². The largest absolute Gasteiger partial charge is 0.465 e. The van der Waals surface area contributed by atoms with Crippen LogP contribution in [0.2, 0.25) is 0 Å².